The van der Waals surface area contributed by atoms with Gasteiger partial charge in [0.05, 0.1) is 29.8 Å². The van der Waals surface area contributed by atoms with Gasteiger partial charge in [-0.15, -0.1) is 0 Å². The monoisotopic (exact) mass is 551 g/mol. The number of hydrogen-bond donors (Lipinski definition) is 1. The minimum atomic E-state index is -3.36. The van der Waals surface area contributed by atoms with Crippen molar-refractivity contribution in [3.05, 3.63) is 60.1 Å². The molecule has 1 saturated carbocycles. The fraction of sp³-hybridized carbons (Fsp3) is 0.483. The Morgan fingerprint density at radius 3 is 2.64 bits per heavy atom. The summed E-state index contributed by atoms with van der Waals surface area (Å²) in [5.41, 5.74) is 2.75. The lowest BCUT2D eigenvalue weighted by atomic mass is 9.80. The third-order valence-electron chi connectivity index (χ3n) is 8.24. The topological polar surface area (TPSA) is 101 Å². The van der Waals surface area contributed by atoms with Gasteiger partial charge in [-0.05, 0) is 81.7 Å². The molecule has 1 N–H and O–H groups in total. The van der Waals surface area contributed by atoms with Crippen molar-refractivity contribution in [2.45, 2.75) is 51.4 Å². The molecule has 206 valence electrons. The normalized spacial score (nSPS) is 22.9. The van der Waals surface area contributed by atoms with E-state index in [4.69, 9.17) is 9.72 Å². The third-order valence-corrected chi connectivity index (χ3v) is 10.3. The molecule has 0 radical (unpaired) electrons. The van der Waals surface area contributed by atoms with Crippen molar-refractivity contribution in [1.29, 1.82) is 0 Å². The van der Waals surface area contributed by atoms with Crippen LogP contribution in [0, 0.1) is 24.6 Å². The van der Waals surface area contributed by atoms with Gasteiger partial charge in [-0.25, -0.2) is 32.1 Å². The van der Waals surface area contributed by atoms with E-state index in [-0.39, 0.29) is 29.3 Å². The molecule has 0 bridgehead atoms. The number of hydrogen-bond acceptors (Lipinski definition) is 6. The summed E-state index contributed by atoms with van der Waals surface area (Å²) in [6, 6.07) is 7.97. The smallest absolute Gasteiger partial charge is 0.214 e. The molecule has 39 heavy (non-hydrogen) atoms. The highest BCUT2D eigenvalue weighted by atomic mass is 32.2. The highest BCUT2D eigenvalue weighted by Gasteiger charge is 2.34. The predicted molar refractivity (Wildman–Crippen MR) is 149 cm³/mol. The Morgan fingerprint density at radius 1 is 1.05 bits per heavy atom. The maximum absolute atomic E-state index is 13.4. The van der Waals surface area contributed by atoms with Gasteiger partial charge in [0.1, 0.15) is 23.0 Å². The lowest BCUT2D eigenvalue weighted by molar-refractivity contribution is 0.179. The Kier molecular flexibility index (Phi) is 7.24. The van der Waals surface area contributed by atoms with Crippen LogP contribution in [0.1, 0.15) is 56.0 Å². The summed E-state index contributed by atoms with van der Waals surface area (Å²) in [5, 5.41) is 2.10. The highest BCUT2D eigenvalue weighted by molar-refractivity contribution is 7.89. The number of fused-ring (bicyclic) bond motifs is 3. The number of rotatable bonds is 7. The molecule has 1 aromatic carbocycles. The van der Waals surface area contributed by atoms with E-state index in [9.17, 15) is 12.8 Å². The Morgan fingerprint density at radius 2 is 1.85 bits per heavy atom. The van der Waals surface area contributed by atoms with Crippen molar-refractivity contribution in [2.24, 2.45) is 11.8 Å². The van der Waals surface area contributed by atoms with Gasteiger partial charge >= 0.3 is 0 Å². The number of aromatic amines is 1. The molecule has 1 aliphatic carbocycles. The summed E-state index contributed by atoms with van der Waals surface area (Å²) < 4.78 is 47.5. The largest absolute Gasteiger partial charge is 0.493 e. The van der Waals surface area contributed by atoms with Gasteiger partial charge in [-0.3, -0.25) is 0 Å². The molecule has 3 aromatic heterocycles. The molecule has 10 heteroatoms. The Labute approximate surface area is 228 Å². The molecule has 1 atom stereocenters. The van der Waals surface area contributed by atoms with E-state index in [0.717, 1.165) is 72.0 Å². The van der Waals surface area contributed by atoms with E-state index >= 15 is 0 Å². The summed E-state index contributed by atoms with van der Waals surface area (Å²) in [6.45, 7) is 3.39. The average Bonchev–Trinajstić information content (AvgIpc) is 3.42. The summed E-state index contributed by atoms with van der Waals surface area (Å²) in [7, 11) is -3.36. The van der Waals surface area contributed by atoms with Crippen molar-refractivity contribution < 1.29 is 17.5 Å². The van der Waals surface area contributed by atoms with Gasteiger partial charge in [0, 0.05) is 41.9 Å². The number of piperidine rings is 1. The highest BCUT2D eigenvalue weighted by Crippen LogP contribution is 2.40. The zero-order valence-electron chi connectivity index (χ0n) is 22.1. The summed E-state index contributed by atoms with van der Waals surface area (Å²) in [6.07, 6.45) is 8.99. The van der Waals surface area contributed by atoms with E-state index < -0.39 is 10.0 Å². The average molecular weight is 552 g/mol. The van der Waals surface area contributed by atoms with Crippen molar-refractivity contribution in [2.75, 3.05) is 25.4 Å². The van der Waals surface area contributed by atoms with Crippen LogP contribution in [0.5, 0.6) is 5.75 Å². The van der Waals surface area contributed by atoms with Gasteiger partial charge < -0.3 is 9.72 Å². The van der Waals surface area contributed by atoms with E-state index in [1.165, 1.54) is 12.1 Å². The van der Waals surface area contributed by atoms with Crippen molar-refractivity contribution in [3.8, 4) is 5.75 Å². The second kappa shape index (κ2) is 10.8. The second-order valence-corrected chi connectivity index (χ2v) is 13.1. The molecule has 2 aliphatic rings. The molecule has 4 heterocycles. The zero-order valence-corrected chi connectivity index (χ0v) is 23.0. The summed E-state index contributed by atoms with van der Waals surface area (Å²) in [4.78, 5) is 17.2. The quantitative estimate of drug-likeness (QED) is 0.332. The van der Waals surface area contributed by atoms with Crippen molar-refractivity contribution >= 4 is 32.0 Å². The van der Waals surface area contributed by atoms with Gasteiger partial charge in [-0.2, -0.15) is 0 Å². The standard InChI is InChI=1S/C29H34FN5O3S/c1-19-33-26-15-32-29-25(12-13-31-29)27(26)28(34-19)22-6-4-20(5-7-22)18-39(36,37)35-14-2-3-21(16-35)17-38-24-10-8-23(30)9-11-24/h8-13,15,20-22H,2-7,14,16-18H2,1H3,(H,31,32). The molecule has 8 nitrogen and oxygen atoms in total. The first-order chi connectivity index (χ1) is 18.9. The fourth-order valence-electron chi connectivity index (χ4n) is 6.24. The second-order valence-electron chi connectivity index (χ2n) is 11.0. The maximum Gasteiger partial charge on any atom is 0.214 e. The first-order valence-corrected chi connectivity index (χ1v) is 15.4. The lowest BCUT2D eigenvalue weighted by Crippen LogP contribution is -2.43. The van der Waals surface area contributed by atoms with Crippen LogP contribution in [0.25, 0.3) is 21.9 Å². The fourth-order valence-corrected chi connectivity index (χ4v) is 8.23. The van der Waals surface area contributed by atoms with Crippen LogP contribution in [0.2, 0.25) is 0 Å². The maximum atomic E-state index is 13.4. The minimum absolute atomic E-state index is 0.128. The summed E-state index contributed by atoms with van der Waals surface area (Å²) >= 11 is 0. The van der Waals surface area contributed by atoms with Crippen LogP contribution < -0.4 is 4.74 Å². The lowest BCUT2D eigenvalue weighted by Gasteiger charge is -2.34. The number of H-pyrrole nitrogens is 1. The number of aryl methyl sites for hydroxylation is 1. The van der Waals surface area contributed by atoms with Gasteiger partial charge in [0.15, 0.2) is 0 Å². The van der Waals surface area contributed by atoms with Gasteiger partial charge in [-0.1, -0.05) is 0 Å². The van der Waals surface area contributed by atoms with Crippen LogP contribution in [0.3, 0.4) is 0 Å². The molecular formula is C29H34FN5O3S. The van der Waals surface area contributed by atoms with E-state index in [2.05, 4.69) is 15.0 Å². The van der Waals surface area contributed by atoms with Crippen LogP contribution in [0.4, 0.5) is 4.39 Å². The first-order valence-electron chi connectivity index (χ1n) is 13.8. The number of pyridine rings is 1. The molecule has 0 spiro atoms. The molecule has 4 aromatic rings. The molecule has 1 saturated heterocycles. The molecule has 6 rings (SSSR count). The van der Waals surface area contributed by atoms with E-state index in [1.807, 2.05) is 19.2 Å². The first kappa shape index (κ1) is 26.1. The molecular weight excluding hydrogens is 517 g/mol. The SMILES string of the molecule is Cc1nc(C2CCC(CS(=O)(=O)N3CCCC(COc4ccc(F)cc4)C3)CC2)c2c(cnc3[nH]ccc32)n1. The number of nitrogens with one attached hydrogen (secondary N) is 1. The molecule has 1 unspecified atom stereocenters. The number of nitrogens with zero attached hydrogens (tertiary/aromatic N) is 4. The Bertz CT molecular complexity index is 1570. The number of halogens is 1. The number of benzene rings is 1. The van der Waals surface area contributed by atoms with Crippen molar-refractivity contribution in [3.63, 3.8) is 0 Å². The van der Waals surface area contributed by atoms with Gasteiger partial charge in [0.2, 0.25) is 10.0 Å². The van der Waals surface area contributed by atoms with E-state index in [1.54, 1.807) is 22.6 Å². The number of sulfonamides is 1. The minimum Gasteiger partial charge on any atom is -0.493 e. The summed E-state index contributed by atoms with van der Waals surface area (Å²) in [5.74, 6) is 1.78. The van der Waals surface area contributed by atoms with Crippen LogP contribution in [-0.2, 0) is 10.0 Å². The third kappa shape index (κ3) is 5.63. The molecule has 2 fully saturated rings. The van der Waals surface area contributed by atoms with Crippen LogP contribution in [0.15, 0.2) is 42.7 Å². The molecule has 0 amide bonds. The van der Waals surface area contributed by atoms with Gasteiger partial charge in [0.25, 0.3) is 0 Å². The van der Waals surface area contributed by atoms with E-state index in [0.29, 0.717) is 25.4 Å². The van der Waals surface area contributed by atoms with Crippen molar-refractivity contribution in [1.82, 2.24) is 24.2 Å². The Hall–Kier alpha value is -3.11. The van der Waals surface area contributed by atoms with Crippen LogP contribution >= 0.6 is 0 Å². The predicted octanol–water partition coefficient (Wildman–Crippen LogP) is 5.35. The number of ether oxygens (including phenoxy) is 1. The number of aromatic nitrogens is 4. The van der Waals surface area contributed by atoms with Crippen LogP contribution in [-0.4, -0.2) is 58.1 Å². The Balaban J connectivity index is 1.08. The zero-order chi connectivity index (χ0) is 27.0. The molecule has 1 aliphatic heterocycles.